The molecule has 0 aromatic heterocycles. The van der Waals surface area contributed by atoms with Gasteiger partial charge in [-0.3, -0.25) is 9.63 Å². The predicted octanol–water partition coefficient (Wildman–Crippen LogP) is -0.599. The number of hydrogen-bond donors (Lipinski definition) is 2. The molecule has 0 heterocycles. The lowest BCUT2D eigenvalue weighted by atomic mass is 10.1. The zero-order valence-electron chi connectivity index (χ0n) is 5.89. The number of hydrogen-bond acceptors (Lipinski definition) is 3. The zero-order valence-corrected chi connectivity index (χ0v) is 5.89. The average Bonchev–Trinajstić information content (AvgIpc) is 1.64. The molecule has 4 nitrogen and oxygen atoms in total. The molecule has 0 unspecified atom stereocenters. The molecule has 0 radical (unpaired) electrons. The molecule has 3 N–H and O–H groups in total. The molecule has 9 heavy (non-hydrogen) atoms. The van der Waals surface area contributed by atoms with Crippen molar-refractivity contribution in [2.75, 3.05) is 7.11 Å². The van der Waals surface area contributed by atoms with Crippen molar-refractivity contribution in [1.82, 2.24) is 5.48 Å². The number of hydroxylamine groups is 1. The van der Waals surface area contributed by atoms with Gasteiger partial charge >= 0.3 is 0 Å². The van der Waals surface area contributed by atoms with E-state index in [1.54, 1.807) is 13.8 Å². The first-order valence-electron chi connectivity index (χ1n) is 2.61. The van der Waals surface area contributed by atoms with Crippen LogP contribution in [-0.4, -0.2) is 18.6 Å². The Kier molecular flexibility index (Phi) is 2.61. The van der Waals surface area contributed by atoms with Crippen LogP contribution >= 0.6 is 0 Å². The molecule has 0 aliphatic rings. The van der Waals surface area contributed by atoms with E-state index in [2.05, 4.69) is 10.3 Å². The van der Waals surface area contributed by atoms with Crippen molar-refractivity contribution in [3.8, 4) is 0 Å². The van der Waals surface area contributed by atoms with Crippen molar-refractivity contribution in [2.24, 2.45) is 5.73 Å². The minimum absolute atomic E-state index is 0.329. The fraction of sp³-hybridized carbons (Fsp3) is 0.800. The van der Waals surface area contributed by atoms with E-state index in [9.17, 15) is 4.79 Å². The summed E-state index contributed by atoms with van der Waals surface area (Å²) in [5.41, 5.74) is 6.63. The van der Waals surface area contributed by atoms with Crippen LogP contribution in [0.4, 0.5) is 0 Å². The summed E-state index contributed by atoms with van der Waals surface area (Å²) in [4.78, 5) is 15.1. The first kappa shape index (κ1) is 8.39. The second-order valence-electron chi connectivity index (χ2n) is 2.36. The smallest absolute Gasteiger partial charge is 0.263 e. The molecular formula is C5H12N2O2. The van der Waals surface area contributed by atoms with E-state index in [4.69, 9.17) is 5.73 Å². The maximum atomic E-state index is 10.7. The quantitative estimate of drug-likeness (QED) is 0.493. The largest absolute Gasteiger partial charge is 0.318 e. The fourth-order valence-electron chi connectivity index (χ4n) is 0.224. The summed E-state index contributed by atoms with van der Waals surface area (Å²) in [5, 5.41) is 0. The van der Waals surface area contributed by atoms with Crippen LogP contribution in [0, 0.1) is 0 Å². The summed E-state index contributed by atoms with van der Waals surface area (Å²) >= 11 is 0. The van der Waals surface area contributed by atoms with E-state index < -0.39 is 5.54 Å². The van der Waals surface area contributed by atoms with Gasteiger partial charge in [-0.05, 0) is 13.8 Å². The van der Waals surface area contributed by atoms with Crippen molar-refractivity contribution >= 4 is 5.91 Å². The third-order valence-electron chi connectivity index (χ3n) is 0.780. The van der Waals surface area contributed by atoms with Crippen LogP contribution < -0.4 is 11.2 Å². The van der Waals surface area contributed by atoms with E-state index in [1.807, 2.05) is 0 Å². The fourth-order valence-corrected chi connectivity index (χ4v) is 0.224. The molecule has 0 aromatic carbocycles. The normalized spacial score (nSPS) is 11.1. The second-order valence-corrected chi connectivity index (χ2v) is 2.36. The molecular weight excluding hydrogens is 120 g/mol. The Morgan fingerprint density at radius 3 is 2.22 bits per heavy atom. The third-order valence-corrected chi connectivity index (χ3v) is 0.780. The molecule has 0 fully saturated rings. The van der Waals surface area contributed by atoms with Gasteiger partial charge in [0.2, 0.25) is 0 Å². The van der Waals surface area contributed by atoms with Crippen molar-refractivity contribution in [1.29, 1.82) is 0 Å². The van der Waals surface area contributed by atoms with Crippen LogP contribution in [-0.2, 0) is 9.63 Å². The lowest BCUT2D eigenvalue weighted by Gasteiger charge is -2.15. The molecule has 0 aliphatic carbocycles. The number of rotatable bonds is 2. The molecule has 1 amide bonds. The van der Waals surface area contributed by atoms with Crippen molar-refractivity contribution in [3.63, 3.8) is 0 Å². The van der Waals surface area contributed by atoms with Gasteiger partial charge in [0, 0.05) is 0 Å². The molecule has 4 heteroatoms. The van der Waals surface area contributed by atoms with Gasteiger partial charge in [0.25, 0.3) is 5.91 Å². The van der Waals surface area contributed by atoms with Crippen LogP contribution in [0.3, 0.4) is 0 Å². The van der Waals surface area contributed by atoms with Gasteiger partial charge in [-0.15, -0.1) is 0 Å². The molecule has 0 saturated carbocycles. The van der Waals surface area contributed by atoms with Crippen molar-refractivity contribution in [2.45, 2.75) is 19.4 Å². The summed E-state index contributed by atoms with van der Waals surface area (Å²) in [6.07, 6.45) is 0. The molecule has 0 aromatic rings. The minimum atomic E-state index is -0.865. The maximum absolute atomic E-state index is 10.7. The first-order valence-corrected chi connectivity index (χ1v) is 2.61. The highest BCUT2D eigenvalue weighted by Gasteiger charge is 2.20. The van der Waals surface area contributed by atoms with Gasteiger partial charge in [0.15, 0.2) is 0 Å². The Balaban J connectivity index is 3.74. The highest BCUT2D eigenvalue weighted by atomic mass is 16.6. The van der Waals surface area contributed by atoms with Gasteiger partial charge in [0.1, 0.15) is 0 Å². The summed E-state index contributed by atoms with van der Waals surface area (Å²) < 4.78 is 0. The Morgan fingerprint density at radius 2 is 2.11 bits per heavy atom. The SMILES string of the molecule is CONC(=O)C(C)(C)N. The average molecular weight is 132 g/mol. The van der Waals surface area contributed by atoms with E-state index in [1.165, 1.54) is 7.11 Å². The van der Waals surface area contributed by atoms with E-state index in [0.717, 1.165) is 0 Å². The van der Waals surface area contributed by atoms with Gasteiger partial charge in [-0.2, -0.15) is 0 Å². The molecule has 0 bridgehead atoms. The summed E-state index contributed by atoms with van der Waals surface area (Å²) in [7, 11) is 1.36. The van der Waals surface area contributed by atoms with E-state index in [0.29, 0.717) is 0 Å². The molecule has 54 valence electrons. The number of carbonyl (C=O) groups is 1. The summed E-state index contributed by atoms with van der Waals surface area (Å²) in [5.74, 6) is -0.329. The molecule has 0 rings (SSSR count). The predicted molar refractivity (Wildman–Crippen MR) is 33.4 cm³/mol. The first-order chi connectivity index (χ1) is 3.98. The van der Waals surface area contributed by atoms with Gasteiger partial charge < -0.3 is 5.73 Å². The maximum Gasteiger partial charge on any atom is 0.263 e. The number of nitrogens with one attached hydrogen (secondary N) is 1. The van der Waals surface area contributed by atoms with E-state index >= 15 is 0 Å². The van der Waals surface area contributed by atoms with Crippen molar-refractivity contribution in [3.05, 3.63) is 0 Å². The second kappa shape index (κ2) is 2.80. The number of carbonyl (C=O) groups excluding carboxylic acids is 1. The van der Waals surface area contributed by atoms with Crippen LogP contribution in [0.25, 0.3) is 0 Å². The Labute approximate surface area is 54.3 Å². The monoisotopic (exact) mass is 132 g/mol. The highest BCUT2D eigenvalue weighted by Crippen LogP contribution is 1.94. The topological polar surface area (TPSA) is 64.3 Å². The van der Waals surface area contributed by atoms with Crippen LogP contribution in [0.15, 0.2) is 0 Å². The number of amides is 1. The zero-order chi connectivity index (χ0) is 7.49. The van der Waals surface area contributed by atoms with Crippen LogP contribution in [0.5, 0.6) is 0 Å². The number of nitrogens with two attached hydrogens (primary N) is 1. The highest BCUT2D eigenvalue weighted by molar-refractivity contribution is 5.84. The third kappa shape index (κ3) is 3.05. The van der Waals surface area contributed by atoms with Crippen molar-refractivity contribution < 1.29 is 9.63 Å². The lowest BCUT2D eigenvalue weighted by Crippen LogP contribution is -2.48. The minimum Gasteiger partial charge on any atom is -0.318 e. The van der Waals surface area contributed by atoms with Crippen LogP contribution in [0.1, 0.15) is 13.8 Å². The molecule has 0 atom stereocenters. The van der Waals surface area contributed by atoms with Gasteiger partial charge in [-0.25, -0.2) is 5.48 Å². The van der Waals surface area contributed by atoms with Crippen LogP contribution in [0.2, 0.25) is 0 Å². The lowest BCUT2D eigenvalue weighted by molar-refractivity contribution is -0.135. The molecule has 0 saturated heterocycles. The molecule has 0 aliphatic heterocycles. The standard InChI is InChI=1S/C5H12N2O2/c1-5(2,6)4(8)7-9-3/h6H2,1-3H3,(H,7,8). The molecule has 0 spiro atoms. The Morgan fingerprint density at radius 1 is 1.67 bits per heavy atom. The van der Waals surface area contributed by atoms with E-state index in [-0.39, 0.29) is 5.91 Å². The van der Waals surface area contributed by atoms with Gasteiger partial charge in [-0.1, -0.05) is 0 Å². The Hall–Kier alpha value is -0.610. The summed E-state index contributed by atoms with van der Waals surface area (Å²) in [6.45, 7) is 3.20. The summed E-state index contributed by atoms with van der Waals surface area (Å²) in [6, 6.07) is 0. The van der Waals surface area contributed by atoms with Gasteiger partial charge in [0.05, 0.1) is 12.6 Å². The Bertz CT molecular complexity index is 106.